The molecule has 4 nitrogen and oxygen atoms in total. The highest BCUT2D eigenvalue weighted by molar-refractivity contribution is 7.13. The van der Waals surface area contributed by atoms with E-state index in [2.05, 4.69) is 10.4 Å². The molecule has 0 atom stereocenters. The van der Waals surface area contributed by atoms with Crippen LogP contribution >= 0.6 is 22.9 Å². The Labute approximate surface area is 184 Å². The molecule has 0 radical (unpaired) electrons. The topological polar surface area (TPSA) is 46.9 Å². The smallest absolute Gasteiger partial charge is 0.322 e. The molecule has 0 aliphatic carbocycles. The van der Waals surface area contributed by atoms with Gasteiger partial charge >= 0.3 is 6.18 Å². The van der Waals surface area contributed by atoms with Crippen LogP contribution in [0.15, 0.2) is 66.0 Å². The molecule has 0 bridgehead atoms. The predicted molar refractivity (Wildman–Crippen MR) is 116 cm³/mol. The van der Waals surface area contributed by atoms with E-state index in [0.717, 1.165) is 11.6 Å². The number of carbonyl (C=O) groups excluding carboxylic acids is 1. The number of amides is 1. The van der Waals surface area contributed by atoms with Crippen LogP contribution < -0.4 is 5.32 Å². The number of anilines is 1. The molecule has 0 fully saturated rings. The molecule has 0 saturated carbocycles. The van der Waals surface area contributed by atoms with E-state index in [-0.39, 0.29) is 5.91 Å². The summed E-state index contributed by atoms with van der Waals surface area (Å²) in [5, 5.41) is 8.91. The summed E-state index contributed by atoms with van der Waals surface area (Å²) in [4.78, 5) is 13.2. The van der Waals surface area contributed by atoms with Gasteiger partial charge in [0.15, 0.2) is 5.69 Å². The monoisotopic (exact) mass is 461 g/mol. The zero-order valence-electron chi connectivity index (χ0n) is 16.1. The molecule has 31 heavy (non-hydrogen) atoms. The number of hydrogen-bond acceptors (Lipinski definition) is 3. The first-order valence-corrected chi connectivity index (χ1v) is 10.4. The molecule has 0 saturated heterocycles. The number of thiophene rings is 1. The second-order valence-electron chi connectivity index (χ2n) is 6.76. The van der Waals surface area contributed by atoms with Crippen LogP contribution in [-0.4, -0.2) is 15.7 Å². The van der Waals surface area contributed by atoms with Gasteiger partial charge in [0.25, 0.3) is 5.91 Å². The zero-order chi connectivity index (χ0) is 22.2. The molecule has 0 aliphatic heterocycles. The Morgan fingerprint density at radius 3 is 2.45 bits per heavy atom. The summed E-state index contributed by atoms with van der Waals surface area (Å²) < 4.78 is 41.0. The van der Waals surface area contributed by atoms with Crippen LogP contribution in [0.3, 0.4) is 0 Å². The minimum atomic E-state index is -4.56. The third-order valence-corrected chi connectivity index (χ3v) is 5.71. The minimum absolute atomic E-state index is 0.330. The van der Waals surface area contributed by atoms with Gasteiger partial charge in [-0.3, -0.25) is 4.79 Å². The summed E-state index contributed by atoms with van der Waals surface area (Å²) in [6.45, 7) is 1.83. The fourth-order valence-electron chi connectivity index (χ4n) is 3.03. The van der Waals surface area contributed by atoms with Gasteiger partial charge in [-0.05, 0) is 72.5 Å². The first-order chi connectivity index (χ1) is 14.7. The molecule has 9 heteroatoms. The Bertz CT molecular complexity index is 1230. The SMILES string of the molecule is Cc1cc(Cl)ccc1NC(=O)c1ccc(-n2nc(C(F)(F)F)cc2-c2cccs2)cc1. The predicted octanol–water partition coefficient (Wildman–Crippen LogP) is 6.83. The van der Waals surface area contributed by atoms with Gasteiger partial charge in [-0.15, -0.1) is 11.3 Å². The Hall–Kier alpha value is -3.10. The fraction of sp³-hybridized carbons (Fsp3) is 0.0909. The number of alkyl halides is 3. The first kappa shape index (κ1) is 21.1. The van der Waals surface area contributed by atoms with Crippen molar-refractivity contribution in [1.29, 1.82) is 0 Å². The lowest BCUT2D eigenvalue weighted by atomic mass is 10.1. The quantitative estimate of drug-likeness (QED) is 0.362. The lowest BCUT2D eigenvalue weighted by Crippen LogP contribution is -2.13. The Kier molecular flexibility index (Phi) is 5.60. The van der Waals surface area contributed by atoms with Gasteiger partial charge in [0.05, 0.1) is 16.3 Å². The van der Waals surface area contributed by atoms with Crippen LogP contribution in [0.2, 0.25) is 5.02 Å². The Morgan fingerprint density at radius 2 is 1.84 bits per heavy atom. The normalized spacial score (nSPS) is 11.5. The van der Waals surface area contributed by atoms with Crippen molar-refractivity contribution in [2.24, 2.45) is 0 Å². The first-order valence-electron chi connectivity index (χ1n) is 9.11. The summed E-state index contributed by atoms with van der Waals surface area (Å²) in [6, 6.07) is 15.9. The molecule has 0 aliphatic rings. The number of aromatic nitrogens is 2. The van der Waals surface area contributed by atoms with Gasteiger partial charge in [0, 0.05) is 16.3 Å². The van der Waals surface area contributed by atoms with Crippen molar-refractivity contribution in [2.45, 2.75) is 13.1 Å². The number of halogens is 4. The second kappa shape index (κ2) is 8.20. The Balaban J connectivity index is 1.64. The molecule has 4 rings (SSSR count). The van der Waals surface area contributed by atoms with E-state index < -0.39 is 11.9 Å². The lowest BCUT2D eigenvalue weighted by Gasteiger charge is -2.10. The van der Waals surface area contributed by atoms with E-state index in [1.807, 2.05) is 6.92 Å². The zero-order valence-corrected chi connectivity index (χ0v) is 17.6. The molecule has 0 spiro atoms. The van der Waals surface area contributed by atoms with Crippen molar-refractivity contribution >= 4 is 34.5 Å². The van der Waals surface area contributed by atoms with Crippen molar-refractivity contribution in [3.05, 3.63) is 87.9 Å². The third kappa shape index (κ3) is 4.50. The van der Waals surface area contributed by atoms with Crippen molar-refractivity contribution in [3.8, 4) is 16.3 Å². The maximum Gasteiger partial charge on any atom is 0.435 e. The van der Waals surface area contributed by atoms with E-state index in [1.54, 1.807) is 60.0 Å². The summed E-state index contributed by atoms with van der Waals surface area (Å²) in [6.07, 6.45) is -4.56. The average Bonchev–Trinajstić information content (AvgIpc) is 3.39. The molecule has 2 heterocycles. The van der Waals surface area contributed by atoms with Crippen molar-refractivity contribution < 1.29 is 18.0 Å². The third-order valence-electron chi connectivity index (χ3n) is 4.58. The highest BCUT2D eigenvalue weighted by Crippen LogP contribution is 2.34. The van der Waals surface area contributed by atoms with Crippen LogP contribution in [0.25, 0.3) is 16.3 Å². The number of benzene rings is 2. The van der Waals surface area contributed by atoms with Crippen LogP contribution in [0.5, 0.6) is 0 Å². The van der Waals surface area contributed by atoms with E-state index >= 15 is 0 Å². The molecule has 158 valence electrons. The second-order valence-corrected chi connectivity index (χ2v) is 8.15. The number of aryl methyl sites for hydroxylation is 1. The number of carbonyl (C=O) groups is 1. The minimum Gasteiger partial charge on any atom is -0.322 e. The van der Waals surface area contributed by atoms with Crippen molar-refractivity contribution in [1.82, 2.24) is 9.78 Å². The summed E-state index contributed by atoms with van der Waals surface area (Å²) in [5.41, 5.74) is 1.57. The van der Waals surface area contributed by atoms with Gasteiger partial charge in [-0.1, -0.05) is 17.7 Å². The van der Waals surface area contributed by atoms with Crippen LogP contribution in [0, 0.1) is 6.92 Å². The Morgan fingerprint density at radius 1 is 1.10 bits per heavy atom. The number of rotatable bonds is 4. The van der Waals surface area contributed by atoms with Crippen LogP contribution in [0.1, 0.15) is 21.6 Å². The average molecular weight is 462 g/mol. The molecule has 1 amide bonds. The van der Waals surface area contributed by atoms with Crippen molar-refractivity contribution in [2.75, 3.05) is 5.32 Å². The van der Waals surface area contributed by atoms with E-state index in [9.17, 15) is 18.0 Å². The van der Waals surface area contributed by atoms with Gasteiger partial charge in [0.1, 0.15) is 0 Å². The van der Waals surface area contributed by atoms with E-state index in [0.29, 0.717) is 32.5 Å². The molecule has 2 aromatic heterocycles. The summed E-state index contributed by atoms with van der Waals surface area (Å²) >= 11 is 7.25. The standard InChI is InChI=1S/C22H15ClF3N3OS/c1-13-11-15(23)6-9-17(13)27-21(30)14-4-7-16(8-5-14)29-18(19-3-2-10-31-19)12-20(28-29)22(24,25)26/h2-12H,1H3,(H,27,30). The number of nitrogens with zero attached hydrogens (tertiary/aromatic N) is 2. The molecule has 0 unspecified atom stereocenters. The van der Waals surface area contributed by atoms with Crippen molar-refractivity contribution in [3.63, 3.8) is 0 Å². The molecule has 2 aromatic carbocycles. The van der Waals surface area contributed by atoms with Gasteiger partial charge in [-0.25, -0.2) is 4.68 Å². The largest absolute Gasteiger partial charge is 0.435 e. The van der Waals surface area contributed by atoms with E-state index in [4.69, 9.17) is 11.6 Å². The molecular weight excluding hydrogens is 447 g/mol. The number of hydrogen-bond donors (Lipinski definition) is 1. The number of nitrogens with one attached hydrogen (secondary N) is 1. The lowest BCUT2D eigenvalue weighted by molar-refractivity contribution is -0.141. The summed E-state index contributed by atoms with van der Waals surface area (Å²) in [5.74, 6) is -0.341. The van der Waals surface area contributed by atoms with Gasteiger partial charge in [0.2, 0.25) is 0 Å². The fourth-order valence-corrected chi connectivity index (χ4v) is 3.99. The van der Waals surface area contributed by atoms with Crippen LogP contribution in [0.4, 0.5) is 18.9 Å². The van der Waals surface area contributed by atoms with Gasteiger partial charge in [-0.2, -0.15) is 18.3 Å². The van der Waals surface area contributed by atoms with Crippen LogP contribution in [-0.2, 0) is 6.18 Å². The van der Waals surface area contributed by atoms with E-state index in [1.165, 1.54) is 16.0 Å². The maximum absolute atomic E-state index is 13.2. The highest BCUT2D eigenvalue weighted by atomic mass is 35.5. The van der Waals surface area contributed by atoms with Gasteiger partial charge < -0.3 is 5.32 Å². The highest BCUT2D eigenvalue weighted by Gasteiger charge is 2.35. The molecule has 1 N–H and O–H groups in total. The summed E-state index contributed by atoms with van der Waals surface area (Å²) in [7, 11) is 0. The maximum atomic E-state index is 13.2. The molecular formula is C22H15ClF3N3OS. The molecule has 4 aromatic rings.